The zero-order valence-electron chi connectivity index (χ0n) is 14.0. The second-order valence-electron chi connectivity index (χ2n) is 6.86. The fourth-order valence-electron chi connectivity index (χ4n) is 4.15. The van der Waals surface area contributed by atoms with Crippen LogP contribution < -0.4 is 0 Å². The fraction of sp³-hybridized carbons (Fsp3) is 0.227. The molecule has 2 aliphatic carbocycles. The van der Waals surface area contributed by atoms with Gasteiger partial charge >= 0.3 is 147 Å². The van der Waals surface area contributed by atoms with Gasteiger partial charge in [-0.15, -0.1) is 0 Å². The summed E-state index contributed by atoms with van der Waals surface area (Å²) in [5.41, 5.74) is 7.56. The maximum absolute atomic E-state index is 2.53. The van der Waals surface area contributed by atoms with Crippen LogP contribution in [0.2, 0.25) is 3.67 Å². The van der Waals surface area contributed by atoms with Crippen LogP contribution in [0.1, 0.15) is 35.6 Å². The van der Waals surface area contributed by atoms with Crippen LogP contribution in [0.4, 0.5) is 0 Å². The van der Waals surface area contributed by atoms with Crippen molar-refractivity contribution < 1.29 is 21.0 Å². The quantitative estimate of drug-likeness (QED) is 0.486. The van der Waals surface area contributed by atoms with Gasteiger partial charge in [0.05, 0.1) is 0 Å². The molecule has 0 bridgehead atoms. The number of benzene rings is 2. The molecule has 0 fully saturated rings. The maximum atomic E-state index is 2.53. The summed E-state index contributed by atoms with van der Waals surface area (Å²) in [5.74, 6) is 0. The van der Waals surface area contributed by atoms with Crippen molar-refractivity contribution in [2.75, 3.05) is 0 Å². The Hall–Kier alpha value is -1.34. The molecule has 23 heavy (non-hydrogen) atoms. The standard InChI is InChI=1S/C13H9.C6H7.C3H6.Hf/c1-3-7-12-10(5-1)9-11-6-2-4-8-13(11)12;1-6-4-2-3-5-6;1-3-2;/h1-9H;2-5H,1H3;1-2H3;. The van der Waals surface area contributed by atoms with E-state index < -0.39 is 21.0 Å². The third kappa shape index (κ3) is 2.50. The Balaban J connectivity index is 1.94. The number of rotatable bonds is 2. The summed E-state index contributed by atoms with van der Waals surface area (Å²) in [5, 5.41) is 0. The molecule has 0 aromatic heterocycles. The van der Waals surface area contributed by atoms with Crippen LogP contribution in [0, 0.1) is 0 Å². The molecule has 0 aliphatic heterocycles. The van der Waals surface area contributed by atoms with Gasteiger partial charge in [-0.1, -0.05) is 0 Å². The van der Waals surface area contributed by atoms with Crippen LogP contribution in [0.25, 0.3) is 11.1 Å². The van der Waals surface area contributed by atoms with E-state index in [-0.39, 0.29) is 0 Å². The van der Waals surface area contributed by atoms with E-state index in [1.54, 1.807) is 14.4 Å². The monoisotopic (exact) mass is 466 g/mol. The minimum atomic E-state index is -2.07. The molecular formula is C22H22Hf. The van der Waals surface area contributed by atoms with Crippen LogP contribution in [-0.4, -0.2) is 3.26 Å². The molecule has 4 rings (SSSR count). The molecule has 0 heterocycles. The van der Waals surface area contributed by atoms with Crippen molar-refractivity contribution in [2.45, 2.75) is 28.1 Å². The second kappa shape index (κ2) is 5.94. The molecule has 1 atom stereocenters. The Morgan fingerprint density at radius 2 is 1.43 bits per heavy atom. The molecule has 114 valence electrons. The number of hydrogen-bond acceptors (Lipinski definition) is 0. The minimum absolute atomic E-state index is 0.675. The molecule has 0 radical (unpaired) electrons. The van der Waals surface area contributed by atoms with Gasteiger partial charge < -0.3 is 0 Å². The summed E-state index contributed by atoms with van der Waals surface area (Å²) >= 11 is -2.07. The van der Waals surface area contributed by atoms with Crippen molar-refractivity contribution in [3.63, 3.8) is 0 Å². The first-order valence-corrected chi connectivity index (χ1v) is 14.3. The molecule has 2 aromatic carbocycles. The summed E-state index contributed by atoms with van der Waals surface area (Å²) in [6.45, 7) is 7.02. The van der Waals surface area contributed by atoms with Gasteiger partial charge in [-0.3, -0.25) is 0 Å². The van der Waals surface area contributed by atoms with Crippen molar-refractivity contribution in [1.29, 1.82) is 0 Å². The van der Waals surface area contributed by atoms with E-state index >= 15 is 0 Å². The molecule has 0 saturated carbocycles. The van der Waals surface area contributed by atoms with Crippen LogP contribution in [0.15, 0.2) is 72.3 Å². The van der Waals surface area contributed by atoms with Gasteiger partial charge in [0, 0.05) is 0 Å². The zero-order valence-corrected chi connectivity index (χ0v) is 17.6. The molecule has 0 amide bonds. The summed E-state index contributed by atoms with van der Waals surface area (Å²) in [4.78, 5) is 0. The van der Waals surface area contributed by atoms with Crippen molar-refractivity contribution >= 4 is 3.26 Å². The van der Waals surface area contributed by atoms with Crippen LogP contribution in [0.5, 0.6) is 0 Å². The second-order valence-corrected chi connectivity index (χ2v) is 18.2. The Bertz CT molecular complexity index is 818. The predicted molar refractivity (Wildman–Crippen MR) is 96.7 cm³/mol. The van der Waals surface area contributed by atoms with Crippen molar-refractivity contribution in [3.05, 3.63) is 83.5 Å². The Labute approximate surface area is 146 Å². The molecule has 0 N–H and O–H groups in total. The Morgan fingerprint density at radius 3 is 1.91 bits per heavy atom. The van der Waals surface area contributed by atoms with E-state index in [9.17, 15) is 0 Å². The topological polar surface area (TPSA) is 0 Å². The number of hydrogen-bond donors (Lipinski definition) is 0. The number of fused-ring (bicyclic) bond motifs is 3. The van der Waals surface area contributed by atoms with Crippen molar-refractivity contribution in [1.82, 2.24) is 0 Å². The number of allylic oxidation sites excluding steroid dienone is 4. The third-order valence-corrected chi connectivity index (χ3v) is 17.6. The Morgan fingerprint density at radius 1 is 0.870 bits per heavy atom. The average Bonchev–Trinajstić information content (AvgIpc) is 3.11. The van der Waals surface area contributed by atoms with Gasteiger partial charge in [-0.25, -0.2) is 0 Å². The molecule has 0 nitrogen and oxygen atoms in total. The third-order valence-electron chi connectivity index (χ3n) is 5.09. The van der Waals surface area contributed by atoms with Gasteiger partial charge in [-0.05, 0) is 0 Å². The first-order valence-electron chi connectivity index (χ1n) is 8.39. The van der Waals surface area contributed by atoms with Crippen LogP contribution in [-0.2, 0) is 21.0 Å². The van der Waals surface area contributed by atoms with E-state index in [0.717, 1.165) is 0 Å². The zero-order chi connectivity index (χ0) is 16.0. The summed E-state index contributed by atoms with van der Waals surface area (Å²) in [6.07, 6.45) is 7.33. The van der Waals surface area contributed by atoms with Crippen LogP contribution in [0.3, 0.4) is 0 Å². The molecule has 2 aromatic rings. The molecule has 1 unspecified atom stereocenters. The van der Waals surface area contributed by atoms with Crippen molar-refractivity contribution in [2.24, 2.45) is 0 Å². The van der Waals surface area contributed by atoms with E-state index in [0.29, 0.717) is 7.35 Å². The van der Waals surface area contributed by atoms with Gasteiger partial charge in [0.2, 0.25) is 0 Å². The predicted octanol–water partition coefficient (Wildman–Crippen LogP) is 5.89. The molecule has 0 spiro atoms. The first kappa shape index (κ1) is 15.2. The van der Waals surface area contributed by atoms with E-state index in [1.807, 2.05) is 0 Å². The van der Waals surface area contributed by atoms with Gasteiger partial charge in [-0.2, -0.15) is 0 Å². The summed E-state index contributed by atoms with van der Waals surface area (Å²) < 4.78 is 3.12. The van der Waals surface area contributed by atoms with Crippen LogP contribution >= 0.6 is 0 Å². The summed E-state index contributed by atoms with van der Waals surface area (Å²) in [7, 11) is 0. The van der Waals surface area contributed by atoms with E-state index in [1.165, 1.54) is 16.7 Å². The van der Waals surface area contributed by atoms with E-state index in [2.05, 4.69) is 87.5 Å². The molecule has 0 saturated heterocycles. The van der Waals surface area contributed by atoms with Gasteiger partial charge in [0.1, 0.15) is 0 Å². The molecule has 1 heteroatoms. The SMILES string of the molecule is CC1=C[CH]([Hf](=[C](C)C)[CH]2c3ccccc3-c3ccccc32)C=C1. The Kier molecular flexibility index (Phi) is 3.93. The van der Waals surface area contributed by atoms with Gasteiger partial charge in [0.25, 0.3) is 0 Å². The van der Waals surface area contributed by atoms with Gasteiger partial charge in [0.15, 0.2) is 0 Å². The first-order chi connectivity index (χ1) is 11.2. The molecular weight excluding hydrogens is 443 g/mol. The molecule has 2 aliphatic rings. The van der Waals surface area contributed by atoms with E-state index in [4.69, 9.17) is 0 Å². The normalized spacial score (nSPS) is 18.6. The van der Waals surface area contributed by atoms with Crippen molar-refractivity contribution in [3.8, 4) is 11.1 Å². The fourth-order valence-corrected chi connectivity index (χ4v) is 16.9. The average molecular weight is 465 g/mol. The summed E-state index contributed by atoms with van der Waals surface area (Å²) in [6, 6.07) is 18.2.